The molecule has 3 heterocycles. The van der Waals surface area contributed by atoms with Crippen molar-refractivity contribution in [3.63, 3.8) is 0 Å². The molecular weight excluding hydrogens is 364 g/mol. The SMILES string of the molecule is O=S1(=O)C[C@@H](O)[C@@H](Sc2ncnc3sc(-c4ccccc4)cc23)C1. The van der Waals surface area contributed by atoms with Crippen molar-refractivity contribution in [1.29, 1.82) is 0 Å². The number of thioether (sulfide) groups is 1. The van der Waals surface area contributed by atoms with Gasteiger partial charge in [0.15, 0.2) is 9.84 Å². The number of hydrogen-bond donors (Lipinski definition) is 1. The molecule has 1 N–H and O–H groups in total. The third kappa shape index (κ3) is 3.06. The molecule has 1 fully saturated rings. The Morgan fingerprint density at radius 1 is 1.17 bits per heavy atom. The summed E-state index contributed by atoms with van der Waals surface area (Å²) in [5.41, 5.74) is 1.11. The van der Waals surface area contributed by atoms with Crippen LogP contribution >= 0.6 is 23.1 Å². The van der Waals surface area contributed by atoms with Gasteiger partial charge in [-0.2, -0.15) is 0 Å². The molecule has 124 valence electrons. The number of aliphatic hydroxyl groups is 1. The molecule has 0 aliphatic carbocycles. The van der Waals surface area contributed by atoms with E-state index in [4.69, 9.17) is 0 Å². The lowest BCUT2D eigenvalue weighted by atomic mass is 10.2. The highest BCUT2D eigenvalue weighted by Crippen LogP contribution is 2.39. The molecule has 0 bridgehead atoms. The van der Waals surface area contributed by atoms with Gasteiger partial charge in [-0.3, -0.25) is 0 Å². The largest absolute Gasteiger partial charge is 0.391 e. The third-order valence-electron chi connectivity index (χ3n) is 3.89. The molecule has 1 aliphatic heterocycles. The van der Waals surface area contributed by atoms with E-state index in [2.05, 4.69) is 9.97 Å². The fourth-order valence-electron chi connectivity index (χ4n) is 2.73. The smallest absolute Gasteiger partial charge is 0.154 e. The number of benzene rings is 1. The normalized spacial score (nSPS) is 22.9. The molecule has 0 unspecified atom stereocenters. The summed E-state index contributed by atoms with van der Waals surface area (Å²) < 4.78 is 23.4. The van der Waals surface area contributed by atoms with Crippen LogP contribution in [0.15, 0.2) is 47.8 Å². The van der Waals surface area contributed by atoms with E-state index in [0.717, 1.165) is 25.7 Å². The van der Waals surface area contributed by atoms with Crippen molar-refractivity contribution in [2.24, 2.45) is 0 Å². The van der Waals surface area contributed by atoms with E-state index in [1.807, 2.05) is 36.4 Å². The van der Waals surface area contributed by atoms with Crippen LogP contribution in [0.5, 0.6) is 0 Å². The van der Waals surface area contributed by atoms with Crippen LogP contribution in [0.2, 0.25) is 0 Å². The first kappa shape index (κ1) is 16.0. The lowest BCUT2D eigenvalue weighted by Gasteiger charge is -2.11. The van der Waals surface area contributed by atoms with E-state index in [0.29, 0.717) is 0 Å². The number of fused-ring (bicyclic) bond motifs is 1. The van der Waals surface area contributed by atoms with Crippen LogP contribution in [-0.4, -0.2) is 46.4 Å². The summed E-state index contributed by atoms with van der Waals surface area (Å²) in [6.45, 7) is 0. The van der Waals surface area contributed by atoms with Crippen LogP contribution < -0.4 is 0 Å². The van der Waals surface area contributed by atoms with Gasteiger partial charge >= 0.3 is 0 Å². The second kappa shape index (κ2) is 6.11. The molecule has 1 saturated heterocycles. The maximum Gasteiger partial charge on any atom is 0.154 e. The second-order valence-corrected chi connectivity index (χ2v) is 10.1. The molecule has 3 aromatic rings. The highest BCUT2D eigenvalue weighted by atomic mass is 32.2. The van der Waals surface area contributed by atoms with Gasteiger partial charge in [0.05, 0.1) is 22.9 Å². The topological polar surface area (TPSA) is 80.2 Å². The molecule has 24 heavy (non-hydrogen) atoms. The maximum atomic E-state index is 11.7. The van der Waals surface area contributed by atoms with Crippen molar-refractivity contribution >= 4 is 43.2 Å². The number of rotatable bonds is 3. The fraction of sp³-hybridized carbons (Fsp3) is 0.250. The zero-order chi connectivity index (χ0) is 16.7. The van der Waals surface area contributed by atoms with Crippen molar-refractivity contribution in [1.82, 2.24) is 9.97 Å². The highest BCUT2D eigenvalue weighted by Gasteiger charge is 2.37. The monoisotopic (exact) mass is 378 g/mol. The van der Waals surface area contributed by atoms with E-state index in [1.165, 1.54) is 18.1 Å². The van der Waals surface area contributed by atoms with Gasteiger partial charge in [0.1, 0.15) is 16.2 Å². The van der Waals surface area contributed by atoms with E-state index >= 15 is 0 Å². The number of nitrogens with zero attached hydrogens (tertiary/aromatic N) is 2. The molecule has 8 heteroatoms. The average molecular weight is 379 g/mol. The zero-order valence-corrected chi connectivity index (χ0v) is 14.9. The Morgan fingerprint density at radius 3 is 2.67 bits per heavy atom. The summed E-state index contributed by atoms with van der Waals surface area (Å²) in [7, 11) is -3.17. The summed E-state index contributed by atoms with van der Waals surface area (Å²) >= 11 is 2.90. The van der Waals surface area contributed by atoms with Crippen molar-refractivity contribution in [2.75, 3.05) is 11.5 Å². The zero-order valence-electron chi connectivity index (χ0n) is 12.5. The summed E-state index contributed by atoms with van der Waals surface area (Å²) in [5.74, 6) is -0.183. The van der Waals surface area contributed by atoms with E-state index in [1.54, 1.807) is 11.3 Å². The predicted molar refractivity (Wildman–Crippen MR) is 97.2 cm³/mol. The Morgan fingerprint density at radius 2 is 1.96 bits per heavy atom. The quantitative estimate of drug-likeness (QED) is 0.706. The first-order valence-corrected chi connectivity index (χ1v) is 10.9. The predicted octanol–water partition coefficient (Wildman–Crippen LogP) is 2.61. The Balaban J connectivity index is 1.70. The molecular formula is C16H14N2O3S3. The number of aromatic nitrogens is 2. The number of thiophene rings is 1. The third-order valence-corrected chi connectivity index (χ3v) is 8.24. The van der Waals surface area contributed by atoms with Crippen molar-refractivity contribution in [3.8, 4) is 10.4 Å². The summed E-state index contributed by atoms with van der Waals surface area (Å²) in [6.07, 6.45) is 0.642. The maximum absolute atomic E-state index is 11.7. The minimum absolute atomic E-state index is 0.0139. The van der Waals surface area contributed by atoms with E-state index in [-0.39, 0.29) is 16.8 Å². The number of hydrogen-bond acceptors (Lipinski definition) is 7. The van der Waals surface area contributed by atoms with Crippen LogP contribution in [0.3, 0.4) is 0 Å². The standard InChI is InChI=1S/C16H14N2O3S3/c19-12-7-24(20,21)8-14(12)23-16-11-6-13(10-4-2-1-3-5-10)22-15(11)17-9-18-16/h1-6,9,12,14,19H,7-8H2/t12-,14+/m1/s1. The van der Waals surface area contributed by atoms with Gasteiger partial charge in [0.25, 0.3) is 0 Å². The molecule has 2 atom stereocenters. The van der Waals surface area contributed by atoms with Crippen LogP contribution in [-0.2, 0) is 9.84 Å². The Kier molecular flexibility index (Phi) is 4.07. The lowest BCUT2D eigenvalue weighted by Crippen LogP contribution is -2.20. The van der Waals surface area contributed by atoms with Gasteiger partial charge in [-0.15, -0.1) is 11.3 Å². The lowest BCUT2D eigenvalue weighted by molar-refractivity contribution is 0.207. The van der Waals surface area contributed by atoms with Gasteiger partial charge in [-0.1, -0.05) is 42.1 Å². The van der Waals surface area contributed by atoms with Crippen LogP contribution in [0, 0.1) is 0 Å². The molecule has 5 nitrogen and oxygen atoms in total. The molecule has 0 spiro atoms. The molecule has 1 aromatic carbocycles. The number of sulfone groups is 1. The highest BCUT2D eigenvalue weighted by molar-refractivity contribution is 8.02. The van der Waals surface area contributed by atoms with Crippen molar-refractivity contribution < 1.29 is 13.5 Å². The van der Waals surface area contributed by atoms with Crippen molar-refractivity contribution in [2.45, 2.75) is 16.4 Å². The first-order chi connectivity index (χ1) is 11.5. The average Bonchev–Trinajstić information content (AvgIpc) is 3.09. The van der Waals surface area contributed by atoms with Gasteiger partial charge in [0.2, 0.25) is 0 Å². The minimum atomic E-state index is -3.17. The molecule has 2 aromatic heterocycles. The molecule has 0 saturated carbocycles. The summed E-state index contributed by atoms with van der Waals surface area (Å²) in [5, 5.41) is 11.2. The van der Waals surface area contributed by atoms with Gasteiger partial charge in [-0.25, -0.2) is 18.4 Å². The summed E-state index contributed by atoms with van der Waals surface area (Å²) in [4.78, 5) is 10.6. The molecule has 0 amide bonds. The fourth-order valence-corrected chi connectivity index (χ4v) is 7.35. The Hall–Kier alpha value is -1.48. The van der Waals surface area contributed by atoms with Gasteiger partial charge in [0, 0.05) is 10.3 Å². The Labute approximate surface area is 147 Å². The van der Waals surface area contributed by atoms with Gasteiger partial charge in [-0.05, 0) is 11.6 Å². The number of aliphatic hydroxyl groups excluding tert-OH is 1. The van der Waals surface area contributed by atoms with E-state index < -0.39 is 15.9 Å². The van der Waals surface area contributed by atoms with E-state index in [9.17, 15) is 13.5 Å². The van der Waals surface area contributed by atoms with Crippen LogP contribution in [0.25, 0.3) is 20.7 Å². The second-order valence-electron chi connectivity index (χ2n) is 5.67. The minimum Gasteiger partial charge on any atom is -0.391 e. The molecule has 4 rings (SSSR count). The summed E-state index contributed by atoms with van der Waals surface area (Å²) in [6, 6.07) is 12.1. The van der Waals surface area contributed by atoms with Gasteiger partial charge < -0.3 is 5.11 Å². The van der Waals surface area contributed by atoms with Crippen molar-refractivity contribution in [3.05, 3.63) is 42.7 Å². The Bertz CT molecular complexity index is 986. The van der Waals surface area contributed by atoms with Crippen LogP contribution in [0.4, 0.5) is 0 Å². The molecule has 1 aliphatic rings. The first-order valence-electron chi connectivity index (χ1n) is 7.37. The van der Waals surface area contributed by atoms with Crippen LogP contribution in [0.1, 0.15) is 0 Å². The molecule has 0 radical (unpaired) electrons.